The number of methoxy groups -OCH3 is 1. The van der Waals surface area contributed by atoms with Gasteiger partial charge >= 0.3 is 11.9 Å². The Kier molecular flexibility index (Phi) is 10.2. The number of carbonyl (C=O) groups is 2. The number of benzene rings is 3. The first kappa shape index (κ1) is 29.6. The van der Waals surface area contributed by atoms with E-state index in [0.29, 0.717) is 30.4 Å². The lowest BCUT2D eigenvalue weighted by Gasteiger charge is -2.18. The van der Waals surface area contributed by atoms with Gasteiger partial charge in [-0.25, -0.2) is 9.59 Å². The molecule has 0 aliphatic heterocycles. The zero-order chi connectivity index (χ0) is 29.9. The molecular formula is C35H33NO7. The van der Waals surface area contributed by atoms with Crippen LogP contribution in [0.15, 0.2) is 114 Å². The molecule has 0 unspecified atom stereocenters. The first-order chi connectivity index (χ1) is 21.1. The number of rotatable bonds is 14. The van der Waals surface area contributed by atoms with Crippen molar-refractivity contribution in [3.05, 3.63) is 143 Å². The maximum atomic E-state index is 13.4. The van der Waals surface area contributed by atoms with E-state index in [1.54, 1.807) is 18.2 Å². The SMILES string of the molecule is COC(=O)c1ccc(-c2cc(C(=O)OCc3ccccc3)c(C[C@@H](COCc3ccccc3)OCc3ccccc3)o2)[nH]1. The largest absolute Gasteiger partial charge is 0.464 e. The minimum atomic E-state index is -0.527. The third-order valence-electron chi connectivity index (χ3n) is 6.76. The van der Waals surface area contributed by atoms with Gasteiger partial charge in [-0.2, -0.15) is 0 Å². The Morgan fingerprint density at radius 3 is 1.98 bits per heavy atom. The molecule has 5 aromatic rings. The number of furan rings is 1. The Balaban J connectivity index is 1.38. The summed E-state index contributed by atoms with van der Waals surface area (Å²) in [5, 5.41) is 0. The summed E-state index contributed by atoms with van der Waals surface area (Å²) in [6.07, 6.45) is -0.181. The van der Waals surface area contributed by atoms with E-state index in [1.165, 1.54) is 7.11 Å². The average Bonchev–Trinajstić information content (AvgIpc) is 3.72. The second kappa shape index (κ2) is 14.8. The van der Waals surface area contributed by atoms with E-state index in [-0.39, 0.29) is 30.9 Å². The van der Waals surface area contributed by atoms with E-state index < -0.39 is 18.0 Å². The van der Waals surface area contributed by atoms with E-state index in [1.807, 2.05) is 91.0 Å². The van der Waals surface area contributed by atoms with Gasteiger partial charge in [0.2, 0.25) is 0 Å². The van der Waals surface area contributed by atoms with Crippen LogP contribution in [0.3, 0.4) is 0 Å². The molecule has 0 bridgehead atoms. The predicted molar refractivity (Wildman–Crippen MR) is 160 cm³/mol. The standard InChI is InChI=1S/C35H33NO7/c1-39-35(38)31-18-17-30(36-31)33-20-29(34(37)42-23-27-15-9-4-10-16-27)32(43-33)19-28(41-22-26-13-7-3-8-14-26)24-40-21-25-11-5-2-6-12-25/h2-18,20,28,36H,19,21-24H2,1H3/t28-/m0/s1. The van der Waals surface area contributed by atoms with Gasteiger partial charge in [0.15, 0.2) is 5.76 Å². The minimum absolute atomic E-state index is 0.114. The van der Waals surface area contributed by atoms with Crippen molar-refractivity contribution in [2.24, 2.45) is 0 Å². The Hall–Kier alpha value is -4.92. The van der Waals surface area contributed by atoms with Crippen LogP contribution in [0.4, 0.5) is 0 Å². The number of aromatic amines is 1. The summed E-state index contributed by atoms with van der Waals surface area (Å²) in [5.74, 6) is -0.265. The number of aromatic nitrogens is 1. The van der Waals surface area contributed by atoms with Crippen LogP contribution in [0.5, 0.6) is 0 Å². The van der Waals surface area contributed by atoms with Crippen LogP contribution in [0.2, 0.25) is 0 Å². The zero-order valence-electron chi connectivity index (χ0n) is 23.9. The number of hydrogen-bond donors (Lipinski definition) is 1. The van der Waals surface area contributed by atoms with Crippen LogP contribution in [0.25, 0.3) is 11.5 Å². The molecule has 2 aromatic heterocycles. The molecule has 2 heterocycles. The fourth-order valence-electron chi connectivity index (χ4n) is 4.50. The summed E-state index contributed by atoms with van der Waals surface area (Å²) >= 11 is 0. The third-order valence-corrected chi connectivity index (χ3v) is 6.76. The van der Waals surface area contributed by atoms with Gasteiger partial charge in [0.05, 0.1) is 38.7 Å². The molecule has 220 valence electrons. The van der Waals surface area contributed by atoms with Crippen molar-refractivity contribution in [3.8, 4) is 11.5 Å². The van der Waals surface area contributed by atoms with Crippen molar-refractivity contribution in [3.63, 3.8) is 0 Å². The lowest BCUT2D eigenvalue weighted by molar-refractivity contribution is -0.0311. The van der Waals surface area contributed by atoms with Crippen molar-refractivity contribution in [1.82, 2.24) is 4.98 Å². The van der Waals surface area contributed by atoms with Crippen LogP contribution in [0.1, 0.15) is 43.3 Å². The quantitative estimate of drug-likeness (QED) is 0.145. The third kappa shape index (κ3) is 8.31. The summed E-state index contributed by atoms with van der Waals surface area (Å²) in [6, 6.07) is 34.1. The fourth-order valence-corrected chi connectivity index (χ4v) is 4.50. The molecule has 0 fully saturated rings. The average molecular weight is 580 g/mol. The van der Waals surface area contributed by atoms with Crippen molar-refractivity contribution >= 4 is 11.9 Å². The van der Waals surface area contributed by atoms with Crippen molar-refractivity contribution < 1.29 is 33.0 Å². The highest BCUT2D eigenvalue weighted by atomic mass is 16.5. The van der Waals surface area contributed by atoms with Crippen molar-refractivity contribution in [2.45, 2.75) is 32.3 Å². The highest BCUT2D eigenvalue weighted by Gasteiger charge is 2.25. The Bertz CT molecular complexity index is 1590. The van der Waals surface area contributed by atoms with Gasteiger partial charge in [-0.1, -0.05) is 91.0 Å². The molecule has 8 heteroatoms. The lowest BCUT2D eigenvalue weighted by Crippen LogP contribution is -2.23. The normalized spacial score (nSPS) is 11.7. The molecule has 0 amide bonds. The Morgan fingerprint density at radius 2 is 1.35 bits per heavy atom. The minimum Gasteiger partial charge on any atom is -0.464 e. The zero-order valence-corrected chi connectivity index (χ0v) is 23.9. The van der Waals surface area contributed by atoms with E-state index in [2.05, 4.69) is 4.98 Å². The van der Waals surface area contributed by atoms with Gasteiger partial charge in [-0.3, -0.25) is 0 Å². The van der Waals surface area contributed by atoms with Crippen LogP contribution in [-0.4, -0.2) is 36.7 Å². The van der Waals surface area contributed by atoms with Crippen molar-refractivity contribution in [2.75, 3.05) is 13.7 Å². The molecule has 0 spiro atoms. The molecule has 1 N–H and O–H groups in total. The van der Waals surface area contributed by atoms with Gasteiger partial charge in [-0.15, -0.1) is 0 Å². The monoisotopic (exact) mass is 579 g/mol. The maximum absolute atomic E-state index is 13.4. The molecule has 8 nitrogen and oxygen atoms in total. The van der Waals surface area contributed by atoms with Crippen LogP contribution in [0, 0.1) is 0 Å². The number of esters is 2. The van der Waals surface area contributed by atoms with Gasteiger partial charge < -0.3 is 28.3 Å². The van der Waals surface area contributed by atoms with E-state index >= 15 is 0 Å². The fraction of sp³-hybridized carbons (Fsp3) is 0.200. The second-order valence-electron chi connectivity index (χ2n) is 9.91. The summed E-state index contributed by atoms with van der Waals surface area (Å²) in [6.45, 7) is 1.16. The topological polar surface area (TPSA) is 100.0 Å². The summed E-state index contributed by atoms with van der Waals surface area (Å²) < 4.78 is 29.0. The first-order valence-electron chi connectivity index (χ1n) is 14.0. The van der Waals surface area contributed by atoms with Gasteiger partial charge in [0, 0.05) is 12.5 Å². The number of ether oxygens (including phenoxy) is 4. The van der Waals surface area contributed by atoms with E-state index in [9.17, 15) is 9.59 Å². The van der Waals surface area contributed by atoms with Gasteiger partial charge in [-0.05, 0) is 28.8 Å². The molecule has 0 aliphatic rings. The molecule has 0 radical (unpaired) electrons. The Labute approximate surface area is 250 Å². The number of H-pyrrole nitrogens is 1. The summed E-state index contributed by atoms with van der Waals surface area (Å²) in [5.41, 5.74) is 3.99. The van der Waals surface area contributed by atoms with E-state index in [0.717, 1.165) is 16.7 Å². The van der Waals surface area contributed by atoms with Crippen LogP contribution in [-0.2, 0) is 45.2 Å². The Morgan fingerprint density at radius 1 is 0.744 bits per heavy atom. The summed E-state index contributed by atoms with van der Waals surface area (Å²) in [4.78, 5) is 28.4. The molecule has 3 aromatic carbocycles. The van der Waals surface area contributed by atoms with Gasteiger partial charge in [0.1, 0.15) is 23.6 Å². The molecule has 43 heavy (non-hydrogen) atoms. The molecular weight excluding hydrogens is 546 g/mol. The number of nitrogens with one attached hydrogen (secondary N) is 1. The smallest absolute Gasteiger partial charge is 0.354 e. The van der Waals surface area contributed by atoms with E-state index in [4.69, 9.17) is 23.4 Å². The predicted octanol–water partition coefficient (Wildman–Crippen LogP) is 6.76. The summed E-state index contributed by atoms with van der Waals surface area (Å²) in [7, 11) is 1.31. The van der Waals surface area contributed by atoms with Gasteiger partial charge in [0.25, 0.3) is 0 Å². The number of hydrogen-bond acceptors (Lipinski definition) is 7. The first-order valence-corrected chi connectivity index (χ1v) is 14.0. The molecule has 1 atom stereocenters. The molecule has 5 rings (SSSR count). The van der Waals surface area contributed by atoms with Crippen molar-refractivity contribution in [1.29, 1.82) is 0 Å². The second-order valence-corrected chi connectivity index (χ2v) is 9.91. The molecule has 0 saturated carbocycles. The van der Waals surface area contributed by atoms with Crippen LogP contribution < -0.4 is 0 Å². The number of carbonyl (C=O) groups excluding carboxylic acids is 2. The highest BCUT2D eigenvalue weighted by molar-refractivity contribution is 5.92. The van der Waals surface area contributed by atoms with Crippen LogP contribution >= 0.6 is 0 Å². The maximum Gasteiger partial charge on any atom is 0.354 e. The molecule has 0 saturated heterocycles. The molecule has 0 aliphatic carbocycles. The highest BCUT2D eigenvalue weighted by Crippen LogP contribution is 2.28. The lowest BCUT2D eigenvalue weighted by atomic mass is 10.1.